The second kappa shape index (κ2) is 6.52. The molecule has 132 valence electrons. The fourth-order valence-corrected chi connectivity index (χ4v) is 3.72. The molecule has 0 bridgehead atoms. The lowest BCUT2D eigenvalue weighted by atomic mass is 10.1. The number of ether oxygens (including phenoxy) is 1. The van der Waals surface area contributed by atoms with Crippen LogP contribution in [0.15, 0.2) is 28.7 Å². The van der Waals surface area contributed by atoms with Crippen LogP contribution in [0.5, 0.6) is 0 Å². The van der Waals surface area contributed by atoms with Crippen molar-refractivity contribution in [1.29, 1.82) is 0 Å². The van der Waals surface area contributed by atoms with Crippen molar-refractivity contribution in [2.75, 3.05) is 32.8 Å². The molecule has 2 amide bonds. The SMILES string of the molecule is Cc1cccc2cc(C(=O)N3CCC[C@H]3C(=O)N3CCOCC3)oc12. The van der Waals surface area contributed by atoms with Gasteiger partial charge in [0.05, 0.1) is 13.2 Å². The first kappa shape index (κ1) is 16.1. The van der Waals surface area contributed by atoms with E-state index in [2.05, 4.69) is 0 Å². The first-order valence-electron chi connectivity index (χ1n) is 8.82. The molecule has 0 unspecified atom stereocenters. The maximum absolute atomic E-state index is 13.0. The standard InChI is InChI=1S/C19H22N2O4/c1-13-4-2-5-14-12-16(25-17(13)14)19(23)21-7-3-6-15(21)18(22)20-8-10-24-11-9-20/h2,4-5,12,15H,3,6-11H2,1H3/t15-/m0/s1. The molecule has 6 heteroatoms. The zero-order valence-electron chi connectivity index (χ0n) is 14.4. The fraction of sp³-hybridized carbons (Fsp3) is 0.474. The Morgan fingerprint density at radius 3 is 2.72 bits per heavy atom. The van der Waals surface area contributed by atoms with Crippen LogP contribution < -0.4 is 0 Å². The molecule has 0 saturated carbocycles. The van der Waals surface area contributed by atoms with E-state index in [9.17, 15) is 9.59 Å². The van der Waals surface area contributed by atoms with Gasteiger partial charge in [-0.2, -0.15) is 0 Å². The van der Waals surface area contributed by atoms with Gasteiger partial charge in [0.2, 0.25) is 5.91 Å². The van der Waals surface area contributed by atoms with Crippen LogP contribution in [-0.4, -0.2) is 60.5 Å². The maximum Gasteiger partial charge on any atom is 0.290 e. The van der Waals surface area contributed by atoms with Gasteiger partial charge in [-0.1, -0.05) is 18.2 Å². The lowest BCUT2D eigenvalue weighted by Gasteiger charge is -2.32. The highest BCUT2D eigenvalue weighted by atomic mass is 16.5. The van der Waals surface area contributed by atoms with Gasteiger partial charge in [-0.15, -0.1) is 0 Å². The minimum absolute atomic E-state index is 0.0291. The molecule has 0 aliphatic carbocycles. The summed E-state index contributed by atoms with van der Waals surface area (Å²) in [6.07, 6.45) is 1.55. The number of fused-ring (bicyclic) bond motifs is 1. The molecule has 0 N–H and O–H groups in total. The Hall–Kier alpha value is -2.34. The predicted octanol–water partition coefficient (Wildman–Crippen LogP) is 2.20. The van der Waals surface area contributed by atoms with Gasteiger partial charge in [-0.05, 0) is 31.4 Å². The third-order valence-electron chi connectivity index (χ3n) is 5.07. The van der Waals surface area contributed by atoms with E-state index in [4.69, 9.17) is 9.15 Å². The third-order valence-corrected chi connectivity index (χ3v) is 5.07. The van der Waals surface area contributed by atoms with Crippen LogP contribution in [-0.2, 0) is 9.53 Å². The zero-order chi connectivity index (χ0) is 17.4. The molecular formula is C19H22N2O4. The molecule has 3 heterocycles. The van der Waals surface area contributed by atoms with E-state index < -0.39 is 0 Å². The summed E-state index contributed by atoms with van der Waals surface area (Å²) < 4.78 is 11.1. The van der Waals surface area contributed by atoms with Crippen LogP contribution in [0.1, 0.15) is 29.0 Å². The number of aryl methyl sites for hydroxylation is 1. The molecule has 2 aliphatic rings. The minimum Gasteiger partial charge on any atom is -0.451 e. The molecule has 4 rings (SSSR count). The molecule has 2 saturated heterocycles. The molecule has 1 atom stereocenters. The molecule has 2 aromatic rings. The summed E-state index contributed by atoms with van der Waals surface area (Å²) in [6.45, 7) is 4.88. The Morgan fingerprint density at radius 2 is 1.96 bits per heavy atom. The summed E-state index contributed by atoms with van der Waals surface area (Å²) >= 11 is 0. The second-order valence-electron chi connectivity index (χ2n) is 6.70. The number of carbonyl (C=O) groups is 2. The molecule has 2 fully saturated rings. The van der Waals surface area contributed by atoms with E-state index >= 15 is 0 Å². The highest BCUT2D eigenvalue weighted by molar-refractivity contribution is 5.99. The fourth-order valence-electron chi connectivity index (χ4n) is 3.72. The number of hydrogen-bond donors (Lipinski definition) is 0. The smallest absolute Gasteiger partial charge is 0.290 e. The number of rotatable bonds is 2. The Labute approximate surface area is 146 Å². The van der Waals surface area contributed by atoms with E-state index in [1.807, 2.05) is 30.0 Å². The number of hydrogen-bond acceptors (Lipinski definition) is 4. The van der Waals surface area contributed by atoms with Gasteiger partial charge in [0.15, 0.2) is 5.76 Å². The number of para-hydroxylation sites is 1. The van der Waals surface area contributed by atoms with Crippen molar-refractivity contribution in [2.45, 2.75) is 25.8 Å². The summed E-state index contributed by atoms with van der Waals surface area (Å²) in [5.41, 5.74) is 1.74. The lowest BCUT2D eigenvalue weighted by molar-refractivity contribution is -0.139. The van der Waals surface area contributed by atoms with Crippen molar-refractivity contribution in [3.8, 4) is 0 Å². The molecular weight excluding hydrogens is 320 g/mol. The van der Waals surface area contributed by atoms with Crippen molar-refractivity contribution < 1.29 is 18.7 Å². The summed E-state index contributed by atoms with van der Waals surface area (Å²) in [6, 6.07) is 7.23. The zero-order valence-corrected chi connectivity index (χ0v) is 14.4. The predicted molar refractivity (Wildman–Crippen MR) is 92.4 cm³/mol. The normalized spacial score (nSPS) is 21.1. The van der Waals surface area contributed by atoms with Crippen LogP contribution in [0.2, 0.25) is 0 Å². The van der Waals surface area contributed by atoms with E-state index in [-0.39, 0.29) is 17.9 Å². The maximum atomic E-state index is 13.0. The van der Waals surface area contributed by atoms with Crippen LogP contribution in [0.25, 0.3) is 11.0 Å². The summed E-state index contributed by atoms with van der Waals surface area (Å²) in [4.78, 5) is 29.3. The number of morpholine rings is 1. The third kappa shape index (κ3) is 2.91. The minimum atomic E-state index is -0.389. The van der Waals surface area contributed by atoms with Gasteiger partial charge in [0.1, 0.15) is 11.6 Å². The van der Waals surface area contributed by atoms with Crippen LogP contribution in [0, 0.1) is 6.92 Å². The van der Waals surface area contributed by atoms with Crippen LogP contribution in [0.4, 0.5) is 0 Å². The Morgan fingerprint density at radius 1 is 1.16 bits per heavy atom. The van der Waals surface area contributed by atoms with Crippen molar-refractivity contribution >= 4 is 22.8 Å². The van der Waals surface area contributed by atoms with E-state index in [0.717, 1.165) is 23.0 Å². The lowest BCUT2D eigenvalue weighted by Crippen LogP contribution is -2.51. The van der Waals surface area contributed by atoms with Crippen molar-refractivity contribution in [3.05, 3.63) is 35.6 Å². The molecule has 6 nitrogen and oxygen atoms in total. The second-order valence-corrected chi connectivity index (χ2v) is 6.70. The van der Waals surface area contributed by atoms with Crippen molar-refractivity contribution in [1.82, 2.24) is 9.80 Å². The van der Waals surface area contributed by atoms with Gasteiger partial charge in [-0.25, -0.2) is 0 Å². The first-order valence-corrected chi connectivity index (χ1v) is 8.82. The molecule has 0 spiro atoms. The number of furan rings is 1. The summed E-state index contributed by atoms with van der Waals surface area (Å²) in [7, 11) is 0. The highest BCUT2D eigenvalue weighted by Gasteiger charge is 2.38. The largest absolute Gasteiger partial charge is 0.451 e. The van der Waals surface area contributed by atoms with Crippen molar-refractivity contribution in [3.63, 3.8) is 0 Å². The molecule has 2 aliphatic heterocycles. The van der Waals surface area contributed by atoms with Gasteiger partial charge in [0.25, 0.3) is 5.91 Å². The summed E-state index contributed by atoms with van der Waals surface area (Å²) in [5.74, 6) is 0.145. The Kier molecular flexibility index (Phi) is 4.21. The van der Waals surface area contributed by atoms with E-state index in [1.165, 1.54) is 0 Å². The Bertz CT molecular complexity index is 807. The van der Waals surface area contributed by atoms with Gasteiger partial charge in [-0.3, -0.25) is 9.59 Å². The number of nitrogens with zero attached hydrogens (tertiary/aromatic N) is 2. The molecule has 1 aromatic heterocycles. The number of benzene rings is 1. The Balaban J connectivity index is 1.57. The quantitative estimate of drug-likeness (QED) is 0.839. The number of amides is 2. The average Bonchev–Trinajstić information content (AvgIpc) is 3.29. The monoisotopic (exact) mass is 342 g/mol. The number of likely N-dealkylation sites (tertiary alicyclic amines) is 1. The average molecular weight is 342 g/mol. The van der Waals surface area contributed by atoms with Gasteiger partial charge >= 0.3 is 0 Å². The molecule has 25 heavy (non-hydrogen) atoms. The van der Waals surface area contributed by atoms with E-state index in [1.54, 1.807) is 11.0 Å². The molecule has 0 radical (unpaired) electrons. The highest BCUT2D eigenvalue weighted by Crippen LogP contribution is 2.27. The van der Waals surface area contributed by atoms with Crippen molar-refractivity contribution in [2.24, 2.45) is 0 Å². The van der Waals surface area contributed by atoms with Crippen LogP contribution >= 0.6 is 0 Å². The topological polar surface area (TPSA) is 63.0 Å². The van der Waals surface area contributed by atoms with Gasteiger partial charge in [0, 0.05) is 25.0 Å². The van der Waals surface area contributed by atoms with E-state index in [0.29, 0.717) is 45.0 Å². The number of carbonyl (C=O) groups excluding carboxylic acids is 2. The van der Waals surface area contributed by atoms with Gasteiger partial charge < -0.3 is 19.0 Å². The first-order chi connectivity index (χ1) is 12.1. The molecule has 1 aromatic carbocycles. The van der Waals surface area contributed by atoms with Crippen LogP contribution in [0.3, 0.4) is 0 Å². The summed E-state index contributed by atoms with van der Waals surface area (Å²) in [5, 5.41) is 0.915.